The monoisotopic (exact) mass is 250 g/mol. The van der Waals surface area contributed by atoms with Crippen molar-refractivity contribution in [2.24, 2.45) is 11.8 Å². The summed E-state index contributed by atoms with van der Waals surface area (Å²) < 4.78 is 13.3. The first kappa shape index (κ1) is 11.9. The molecule has 2 fully saturated rings. The number of halogens is 1. The van der Waals surface area contributed by atoms with Crippen LogP contribution in [0.3, 0.4) is 0 Å². The summed E-state index contributed by atoms with van der Waals surface area (Å²) >= 11 is 0. The van der Waals surface area contributed by atoms with E-state index in [0.29, 0.717) is 17.4 Å². The van der Waals surface area contributed by atoms with Gasteiger partial charge >= 0.3 is 0 Å². The van der Waals surface area contributed by atoms with E-state index in [1.54, 1.807) is 0 Å². The zero-order valence-corrected chi connectivity index (χ0v) is 10.6. The number of phenolic OH excluding ortho intramolecular Hbond substituents is 1. The molecule has 0 radical (unpaired) electrons. The van der Waals surface area contributed by atoms with Crippen LogP contribution in [0, 0.1) is 17.7 Å². The molecule has 2 aliphatic heterocycles. The highest BCUT2D eigenvalue weighted by molar-refractivity contribution is 5.35. The highest BCUT2D eigenvalue weighted by atomic mass is 19.1. The fraction of sp³-hybridized carbons (Fsp3) is 0.571. The van der Waals surface area contributed by atoms with Gasteiger partial charge in [0.05, 0.1) is 0 Å². The molecule has 1 aromatic carbocycles. The molecule has 4 heteroatoms. The third-order valence-corrected chi connectivity index (χ3v) is 4.41. The van der Waals surface area contributed by atoms with Crippen LogP contribution in [0.5, 0.6) is 5.75 Å². The fourth-order valence-corrected chi connectivity index (χ4v) is 3.26. The van der Waals surface area contributed by atoms with Crippen LogP contribution in [0.4, 0.5) is 4.39 Å². The molecule has 2 N–H and O–H groups in total. The molecule has 0 bridgehead atoms. The molecule has 98 valence electrons. The lowest BCUT2D eigenvalue weighted by atomic mass is 10.0. The molecule has 2 heterocycles. The zero-order valence-electron chi connectivity index (χ0n) is 10.6. The second kappa shape index (κ2) is 4.52. The molecule has 3 nitrogen and oxygen atoms in total. The Balaban J connectivity index is 1.78. The van der Waals surface area contributed by atoms with Crippen LogP contribution in [0.25, 0.3) is 0 Å². The molecule has 0 aromatic heterocycles. The quantitative estimate of drug-likeness (QED) is 0.839. The Hall–Kier alpha value is -1.13. The van der Waals surface area contributed by atoms with Gasteiger partial charge in [0.2, 0.25) is 0 Å². The SMILES string of the molecule is CC(c1cc(F)ccc1O)N1CC2CNCC2C1. The number of nitrogens with zero attached hydrogens (tertiary/aromatic N) is 1. The average Bonchev–Trinajstić information content (AvgIpc) is 2.91. The van der Waals surface area contributed by atoms with Crippen molar-refractivity contribution >= 4 is 0 Å². The molecule has 2 saturated heterocycles. The topological polar surface area (TPSA) is 35.5 Å². The van der Waals surface area contributed by atoms with Gasteiger partial charge in [-0.3, -0.25) is 4.90 Å². The van der Waals surface area contributed by atoms with Crippen molar-refractivity contribution in [2.45, 2.75) is 13.0 Å². The van der Waals surface area contributed by atoms with Crippen LogP contribution in [0.2, 0.25) is 0 Å². The van der Waals surface area contributed by atoms with Crippen LogP contribution >= 0.6 is 0 Å². The van der Waals surface area contributed by atoms with Crippen LogP contribution in [0.15, 0.2) is 18.2 Å². The lowest BCUT2D eigenvalue weighted by Crippen LogP contribution is -2.28. The summed E-state index contributed by atoms with van der Waals surface area (Å²) in [5.74, 6) is 1.33. The van der Waals surface area contributed by atoms with Gasteiger partial charge in [0, 0.05) is 24.7 Å². The molecule has 3 unspecified atom stereocenters. The maximum atomic E-state index is 13.3. The first-order valence-electron chi connectivity index (χ1n) is 6.58. The van der Waals surface area contributed by atoms with Crippen LogP contribution < -0.4 is 5.32 Å². The highest BCUT2D eigenvalue weighted by Gasteiger charge is 2.38. The van der Waals surface area contributed by atoms with Gasteiger partial charge in [0.25, 0.3) is 0 Å². The molecule has 1 aromatic rings. The first-order valence-corrected chi connectivity index (χ1v) is 6.58. The van der Waals surface area contributed by atoms with Crippen LogP contribution in [-0.2, 0) is 0 Å². The van der Waals surface area contributed by atoms with E-state index in [0.717, 1.165) is 26.2 Å². The number of likely N-dealkylation sites (tertiary alicyclic amines) is 1. The third-order valence-electron chi connectivity index (χ3n) is 4.41. The predicted octanol–water partition coefficient (Wildman–Crippen LogP) is 1.74. The van der Waals surface area contributed by atoms with E-state index < -0.39 is 0 Å². The summed E-state index contributed by atoms with van der Waals surface area (Å²) in [6.45, 7) is 6.29. The molecular formula is C14H19FN2O. The number of fused-ring (bicyclic) bond motifs is 1. The van der Waals surface area contributed by atoms with E-state index in [9.17, 15) is 9.50 Å². The number of hydrogen-bond donors (Lipinski definition) is 2. The van der Waals surface area contributed by atoms with E-state index in [1.807, 2.05) is 6.92 Å². The van der Waals surface area contributed by atoms with Crippen molar-refractivity contribution in [3.05, 3.63) is 29.6 Å². The van der Waals surface area contributed by atoms with Gasteiger partial charge in [-0.1, -0.05) is 0 Å². The van der Waals surface area contributed by atoms with E-state index in [4.69, 9.17) is 0 Å². The fourth-order valence-electron chi connectivity index (χ4n) is 3.26. The number of aromatic hydroxyl groups is 1. The molecule has 3 rings (SSSR count). The van der Waals surface area contributed by atoms with Crippen molar-refractivity contribution in [2.75, 3.05) is 26.2 Å². The largest absolute Gasteiger partial charge is 0.508 e. The molecule has 2 aliphatic rings. The van der Waals surface area contributed by atoms with Crippen molar-refractivity contribution in [3.8, 4) is 5.75 Å². The van der Waals surface area contributed by atoms with Gasteiger partial charge in [-0.25, -0.2) is 4.39 Å². The van der Waals surface area contributed by atoms with Gasteiger partial charge in [0.15, 0.2) is 0 Å². The van der Waals surface area contributed by atoms with Crippen LogP contribution in [-0.4, -0.2) is 36.2 Å². The Morgan fingerprint density at radius 1 is 1.33 bits per heavy atom. The summed E-state index contributed by atoms with van der Waals surface area (Å²) in [7, 11) is 0. The third kappa shape index (κ3) is 1.99. The Morgan fingerprint density at radius 3 is 2.67 bits per heavy atom. The maximum Gasteiger partial charge on any atom is 0.123 e. The average molecular weight is 250 g/mol. The highest BCUT2D eigenvalue weighted by Crippen LogP contribution is 2.35. The minimum Gasteiger partial charge on any atom is -0.508 e. The normalized spacial score (nSPS) is 29.4. The number of phenols is 1. The molecule has 0 spiro atoms. The Labute approximate surface area is 107 Å². The predicted molar refractivity (Wildman–Crippen MR) is 67.9 cm³/mol. The first-order chi connectivity index (χ1) is 8.65. The molecule has 18 heavy (non-hydrogen) atoms. The summed E-state index contributed by atoms with van der Waals surface area (Å²) in [6.07, 6.45) is 0. The summed E-state index contributed by atoms with van der Waals surface area (Å²) in [6, 6.07) is 4.27. The smallest absolute Gasteiger partial charge is 0.123 e. The van der Waals surface area contributed by atoms with Crippen molar-refractivity contribution in [1.29, 1.82) is 0 Å². The summed E-state index contributed by atoms with van der Waals surface area (Å²) in [5, 5.41) is 13.3. The lowest BCUT2D eigenvalue weighted by Gasteiger charge is -2.26. The second-order valence-electron chi connectivity index (χ2n) is 5.51. The minimum atomic E-state index is -0.282. The van der Waals surface area contributed by atoms with Crippen LogP contribution in [0.1, 0.15) is 18.5 Å². The summed E-state index contributed by atoms with van der Waals surface area (Å²) in [5.41, 5.74) is 0.697. The maximum absolute atomic E-state index is 13.3. The van der Waals surface area contributed by atoms with Gasteiger partial charge in [0.1, 0.15) is 11.6 Å². The number of rotatable bonds is 2. The van der Waals surface area contributed by atoms with Gasteiger partial charge in [-0.2, -0.15) is 0 Å². The summed E-state index contributed by atoms with van der Waals surface area (Å²) in [4.78, 5) is 2.35. The molecule has 0 amide bonds. The molecule has 3 atom stereocenters. The van der Waals surface area contributed by atoms with Gasteiger partial charge < -0.3 is 10.4 Å². The Morgan fingerprint density at radius 2 is 2.00 bits per heavy atom. The number of hydrogen-bond acceptors (Lipinski definition) is 3. The Kier molecular flexibility index (Phi) is 2.99. The molecule has 0 aliphatic carbocycles. The lowest BCUT2D eigenvalue weighted by molar-refractivity contribution is 0.239. The number of nitrogens with one attached hydrogen (secondary N) is 1. The van der Waals surface area contributed by atoms with Crippen molar-refractivity contribution in [3.63, 3.8) is 0 Å². The molecular weight excluding hydrogens is 231 g/mol. The van der Waals surface area contributed by atoms with Gasteiger partial charge in [-0.05, 0) is 50.0 Å². The van der Waals surface area contributed by atoms with Crippen molar-refractivity contribution < 1.29 is 9.50 Å². The number of benzene rings is 1. The zero-order chi connectivity index (χ0) is 12.7. The van der Waals surface area contributed by atoms with Crippen molar-refractivity contribution in [1.82, 2.24) is 10.2 Å². The van der Waals surface area contributed by atoms with Gasteiger partial charge in [-0.15, -0.1) is 0 Å². The minimum absolute atomic E-state index is 0.0753. The van der Waals surface area contributed by atoms with E-state index in [1.165, 1.54) is 18.2 Å². The second-order valence-corrected chi connectivity index (χ2v) is 5.51. The standard InChI is InChI=1S/C14H19FN2O/c1-9(13-4-12(15)2-3-14(13)18)17-7-10-5-16-6-11(10)8-17/h2-4,9-11,16,18H,5-8H2,1H3. The van der Waals surface area contributed by atoms with E-state index in [-0.39, 0.29) is 17.6 Å². The van der Waals surface area contributed by atoms with E-state index >= 15 is 0 Å². The Bertz CT molecular complexity index is 439. The molecule has 0 saturated carbocycles. The van der Waals surface area contributed by atoms with E-state index in [2.05, 4.69) is 10.2 Å².